The Morgan fingerprint density at radius 2 is 1.36 bits per heavy atom. The molecule has 0 saturated carbocycles. The van der Waals surface area contributed by atoms with Gasteiger partial charge in [-0.15, -0.1) is 26.3 Å². The lowest BCUT2D eigenvalue weighted by Crippen LogP contribution is -2.38. The molecule has 1 aliphatic rings. The number of ether oxygens (including phenoxy) is 2. The van der Waals surface area contributed by atoms with Gasteiger partial charge in [-0.3, -0.25) is 0 Å². The van der Waals surface area contributed by atoms with E-state index in [9.17, 15) is 43.9 Å². The summed E-state index contributed by atoms with van der Waals surface area (Å²) in [5.74, 6) is -1.96. The smallest absolute Gasteiger partial charge is 0.406 e. The van der Waals surface area contributed by atoms with Crippen LogP contribution in [-0.4, -0.2) is 32.0 Å². The Kier molecular flexibility index (Phi) is 7.39. The summed E-state index contributed by atoms with van der Waals surface area (Å²) in [7, 11) is 0. The summed E-state index contributed by atoms with van der Waals surface area (Å²) < 4.78 is 139. The Balaban J connectivity index is 1.85. The lowest BCUT2D eigenvalue weighted by molar-refractivity contribution is -0.275. The first-order chi connectivity index (χ1) is 18.0. The third kappa shape index (κ3) is 7.07. The number of rotatable bonds is 7. The Labute approximate surface area is 215 Å². The highest BCUT2D eigenvalue weighted by molar-refractivity contribution is 5.67. The molecule has 4 rings (SSSR count). The van der Waals surface area contributed by atoms with Gasteiger partial charge in [0.1, 0.15) is 17.3 Å². The van der Waals surface area contributed by atoms with Crippen LogP contribution in [0, 0.1) is 5.82 Å². The predicted octanol–water partition coefficient (Wildman–Crippen LogP) is 7.92. The van der Waals surface area contributed by atoms with Crippen molar-refractivity contribution in [3.8, 4) is 11.5 Å². The van der Waals surface area contributed by atoms with Crippen LogP contribution < -0.4 is 14.4 Å². The van der Waals surface area contributed by atoms with Crippen LogP contribution in [0.4, 0.5) is 49.6 Å². The number of benzene rings is 3. The van der Waals surface area contributed by atoms with Crippen LogP contribution in [0.3, 0.4) is 0 Å². The van der Waals surface area contributed by atoms with E-state index in [0.717, 1.165) is 36.4 Å². The van der Waals surface area contributed by atoms with Crippen LogP contribution >= 0.6 is 0 Å². The average Bonchev–Trinajstić information content (AvgIpc) is 3.09. The average molecular weight is 567 g/mol. The second kappa shape index (κ2) is 10.2. The second-order valence-corrected chi connectivity index (χ2v) is 8.98. The van der Waals surface area contributed by atoms with E-state index in [4.69, 9.17) is 0 Å². The van der Waals surface area contributed by atoms with Crippen molar-refractivity contribution in [3.05, 3.63) is 89.2 Å². The summed E-state index contributed by atoms with van der Waals surface area (Å²) >= 11 is 0. The van der Waals surface area contributed by atoms with Crippen molar-refractivity contribution < 1.29 is 53.4 Å². The standard InChI is InChI=1S/C26H19F10NO2/c27-18-7-8-22-21(13-18)23(15-37(22)10-9-24(28,29)30,17-4-2-6-20(12-17)39-26(34,35)36)14-16-3-1-5-19(11-16)38-25(31,32)33/h1-8,11-13H,9-10,14-15H2. The lowest BCUT2D eigenvalue weighted by atomic mass is 9.71. The fourth-order valence-corrected chi connectivity index (χ4v) is 4.82. The largest absolute Gasteiger partial charge is 0.573 e. The molecule has 0 bridgehead atoms. The summed E-state index contributed by atoms with van der Waals surface area (Å²) in [4.78, 5) is 1.33. The molecule has 3 aromatic carbocycles. The highest BCUT2D eigenvalue weighted by atomic mass is 19.4. The molecule has 0 spiro atoms. The zero-order chi connectivity index (χ0) is 28.6. The van der Waals surface area contributed by atoms with Crippen molar-refractivity contribution >= 4 is 5.69 Å². The number of halogens is 10. The minimum atomic E-state index is -5.05. The maximum absolute atomic E-state index is 14.5. The van der Waals surface area contributed by atoms with E-state index in [1.807, 2.05) is 0 Å². The van der Waals surface area contributed by atoms with Gasteiger partial charge in [0.05, 0.1) is 6.42 Å². The second-order valence-electron chi connectivity index (χ2n) is 8.98. The molecule has 13 heteroatoms. The lowest BCUT2D eigenvalue weighted by Gasteiger charge is -2.32. The van der Waals surface area contributed by atoms with Crippen LogP contribution in [-0.2, 0) is 11.8 Å². The molecule has 0 amide bonds. The Morgan fingerprint density at radius 1 is 0.744 bits per heavy atom. The molecule has 39 heavy (non-hydrogen) atoms. The van der Waals surface area contributed by atoms with E-state index in [0.29, 0.717) is 0 Å². The van der Waals surface area contributed by atoms with Gasteiger partial charge in [0, 0.05) is 24.2 Å². The van der Waals surface area contributed by atoms with E-state index in [1.165, 1.54) is 35.2 Å². The van der Waals surface area contributed by atoms with Crippen molar-refractivity contribution in [1.29, 1.82) is 0 Å². The molecule has 0 fully saturated rings. The molecule has 1 atom stereocenters. The minimum absolute atomic E-state index is 0.132. The molecule has 1 heterocycles. The fraction of sp³-hybridized carbons (Fsp3) is 0.308. The van der Waals surface area contributed by atoms with Gasteiger partial charge in [-0.2, -0.15) is 13.2 Å². The van der Waals surface area contributed by atoms with Gasteiger partial charge < -0.3 is 14.4 Å². The molecule has 3 aromatic rings. The Hall–Kier alpha value is -3.64. The molecule has 0 aromatic heterocycles. The van der Waals surface area contributed by atoms with Crippen LogP contribution in [0.5, 0.6) is 11.5 Å². The van der Waals surface area contributed by atoms with Gasteiger partial charge in [-0.25, -0.2) is 4.39 Å². The molecule has 0 N–H and O–H groups in total. The van der Waals surface area contributed by atoms with Crippen molar-refractivity contribution in [2.75, 3.05) is 18.0 Å². The van der Waals surface area contributed by atoms with Crippen molar-refractivity contribution in [2.45, 2.75) is 37.2 Å². The molecule has 3 nitrogen and oxygen atoms in total. The van der Waals surface area contributed by atoms with Crippen LogP contribution in [0.1, 0.15) is 23.1 Å². The van der Waals surface area contributed by atoms with Gasteiger partial charge in [0.25, 0.3) is 0 Å². The predicted molar refractivity (Wildman–Crippen MR) is 120 cm³/mol. The topological polar surface area (TPSA) is 21.7 Å². The van der Waals surface area contributed by atoms with E-state index in [-0.39, 0.29) is 35.3 Å². The van der Waals surface area contributed by atoms with Crippen molar-refractivity contribution in [3.63, 3.8) is 0 Å². The summed E-state index contributed by atoms with van der Waals surface area (Å²) in [6.45, 7) is -0.776. The maximum atomic E-state index is 14.5. The van der Waals surface area contributed by atoms with E-state index in [1.54, 1.807) is 0 Å². The third-order valence-electron chi connectivity index (χ3n) is 6.20. The van der Waals surface area contributed by atoms with Crippen LogP contribution in [0.25, 0.3) is 0 Å². The molecular formula is C26H19F10NO2. The Bertz CT molecular complexity index is 1320. The zero-order valence-corrected chi connectivity index (χ0v) is 19.7. The third-order valence-corrected chi connectivity index (χ3v) is 6.20. The highest BCUT2D eigenvalue weighted by Gasteiger charge is 2.46. The number of fused-ring (bicyclic) bond motifs is 1. The minimum Gasteiger partial charge on any atom is -0.406 e. The van der Waals surface area contributed by atoms with Crippen LogP contribution in [0.2, 0.25) is 0 Å². The van der Waals surface area contributed by atoms with E-state index < -0.39 is 54.6 Å². The monoisotopic (exact) mass is 567 g/mol. The number of hydrogen-bond acceptors (Lipinski definition) is 3. The van der Waals surface area contributed by atoms with Gasteiger partial charge in [0.15, 0.2) is 0 Å². The quantitative estimate of drug-likeness (QED) is 0.271. The van der Waals surface area contributed by atoms with Crippen molar-refractivity contribution in [1.82, 2.24) is 0 Å². The molecule has 0 aliphatic carbocycles. The van der Waals surface area contributed by atoms with Crippen LogP contribution in [0.15, 0.2) is 66.7 Å². The molecule has 1 unspecified atom stereocenters. The molecule has 0 saturated heterocycles. The molecular weight excluding hydrogens is 548 g/mol. The van der Waals surface area contributed by atoms with Gasteiger partial charge in [0.2, 0.25) is 0 Å². The van der Waals surface area contributed by atoms with E-state index in [2.05, 4.69) is 9.47 Å². The summed E-state index contributed by atoms with van der Waals surface area (Å²) in [6.07, 6.45) is -16.0. The number of hydrogen-bond donors (Lipinski definition) is 0. The summed E-state index contributed by atoms with van der Waals surface area (Å²) in [5, 5.41) is 0. The first-order valence-electron chi connectivity index (χ1n) is 11.4. The number of anilines is 1. The summed E-state index contributed by atoms with van der Waals surface area (Å²) in [5.41, 5.74) is -0.744. The molecule has 210 valence electrons. The highest BCUT2D eigenvalue weighted by Crippen LogP contribution is 2.49. The zero-order valence-electron chi connectivity index (χ0n) is 19.7. The fourth-order valence-electron chi connectivity index (χ4n) is 4.82. The number of alkyl halides is 9. The van der Waals surface area contributed by atoms with Gasteiger partial charge in [-0.1, -0.05) is 24.3 Å². The first kappa shape index (κ1) is 28.4. The SMILES string of the molecule is Fc1ccc2c(c1)C(Cc1cccc(OC(F)(F)F)c1)(c1cccc(OC(F)(F)F)c1)CN2CCC(F)(F)F. The van der Waals surface area contributed by atoms with Gasteiger partial charge in [-0.05, 0) is 65.6 Å². The summed E-state index contributed by atoms with van der Waals surface area (Å²) in [6, 6.07) is 12.8. The molecule has 0 radical (unpaired) electrons. The number of nitrogens with zero attached hydrogens (tertiary/aromatic N) is 1. The Morgan fingerprint density at radius 3 is 1.97 bits per heavy atom. The maximum Gasteiger partial charge on any atom is 0.573 e. The van der Waals surface area contributed by atoms with Gasteiger partial charge >= 0.3 is 18.9 Å². The van der Waals surface area contributed by atoms with E-state index >= 15 is 0 Å². The normalized spacial score (nSPS) is 17.7. The van der Waals surface area contributed by atoms with Crippen molar-refractivity contribution in [2.24, 2.45) is 0 Å². The molecule has 1 aliphatic heterocycles. The first-order valence-corrected chi connectivity index (χ1v) is 11.4.